The summed E-state index contributed by atoms with van der Waals surface area (Å²) in [6.07, 6.45) is 2.40. The Hall–Kier alpha value is -1.68. The van der Waals surface area contributed by atoms with Crippen molar-refractivity contribution >= 4 is 21.3 Å². The molecule has 23 heavy (non-hydrogen) atoms. The van der Waals surface area contributed by atoms with Gasteiger partial charge < -0.3 is 10.1 Å². The first kappa shape index (κ1) is 17.7. The smallest absolute Gasteiger partial charge is 0.333 e. The number of nitro groups is 1. The van der Waals surface area contributed by atoms with Gasteiger partial charge in [-0.05, 0) is 19.8 Å². The van der Waals surface area contributed by atoms with E-state index < -0.39 is 20.2 Å². The number of nitrogens with one attached hydrogen (secondary N) is 1. The number of aromatic nitrogens is 2. The second-order valence-electron chi connectivity index (χ2n) is 6.20. The van der Waals surface area contributed by atoms with Crippen molar-refractivity contribution in [1.82, 2.24) is 9.78 Å². The lowest BCUT2D eigenvalue weighted by Gasteiger charge is -2.36. The zero-order valence-electron chi connectivity index (χ0n) is 13.5. The summed E-state index contributed by atoms with van der Waals surface area (Å²) >= 11 is 0. The second kappa shape index (κ2) is 6.44. The van der Waals surface area contributed by atoms with Crippen LogP contribution in [0.25, 0.3) is 0 Å². The molecule has 2 rings (SSSR count). The first-order valence-corrected chi connectivity index (χ1v) is 9.37. The van der Waals surface area contributed by atoms with Crippen molar-refractivity contribution in [3.05, 3.63) is 15.8 Å². The number of hydrogen-bond donors (Lipinski definition) is 1. The minimum atomic E-state index is -3.17. The molecule has 1 saturated heterocycles. The first-order valence-electron chi connectivity index (χ1n) is 7.31. The van der Waals surface area contributed by atoms with Gasteiger partial charge in [-0.1, -0.05) is 0 Å². The van der Waals surface area contributed by atoms with Crippen LogP contribution in [-0.4, -0.2) is 54.9 Å². The van der Waals surface area contributed by atoms with Gasteiger partial charge in [0.15, 0.2) is 0 Å². The van der Waals surface area contributed by atoms with Crippen LogP contribution in [0.1, 0.15) is 18.5 Å². The molecule has 1 aliphatic heterocycles. The highest BCUT2D eigenvalue weighted by atomic mass is 32.2. The summed E-state index contributed by atoms with van der Waals surface area (Å²) < 4.78 is 30.3. The zero-order chi connectivity index (χ0) is 17.3. The van der Waals surface area contributed by atoms with Gasteiger partial charge in [-0.2, -0.15) is 5.10 Å². The fourth-order valence-electron chi connectivity index (χ4n) is 3.07. The molecule has 0 atom stereocenters. The van der Waals surface area contributed by atoms with E-state index in [2.05, 4.69) is 10.4 Å². The number of ether oxygens (including phenoxy) is 1. The minimum absolute atomic E-state index is 0.0288. The van der Waals surface area contributed by atoms with Crippen molar-refractivity contribution in [3.63, 3.8) is 0 Å². The number of hydrogen-bond acceptors (Lipinski definition) is 7. The maximum absolute atomic E-state index is 11.8. The van der Waals surface area contributed by atoms with Crippen molar-refractivity contribution < 1.29 is 18.1 Å². The van der Waals surface area contributed by atoms with Gasteiger partial charge in [-0.25, -0.2) is 13.1 Å². The van der Waals surface area contributed by atoms with E-state index in [0.717, 1.165) is 0 Å². The molecule has 1 N–H and O–H groups in total. The highest BCUT2D eigenvalue weighted by Gasteiger charge is 2.37. The Morgan fingerprint density at radius 3 is 2.57 bits per heavy atom. The van der Waals surface area contributed by atoms with Crippen LogP contribution >= 0.6 is 0 Å². The van der Waals surface area contributed by atoms with Gasteiger partial charge in [0, 0.05) is 38.5 Å². The van der Waals surface area contributed by atoms with Gasteiger partial charge in [0.2, 0.25) is 5.82 Å². The van der Waals surface area contributed by atoms with E-state index in [9.17, 15) is 18.5 Å². The summed E-state index contributed by atoms with van der Waals surface area (Å²) in [5.74, 6) is 0.327. The topological polar surface area (TPSA) is 116 Å². The van der Waals surface area contributed by atoms with E-state index in [1.165, 1.54) is 10.9 Å². The van der Waals surface area contributed by atoms with E-state index in [1.807, 2.05) is 0 Å². The lowest BCUT2D eigenvalue weighted by atomic mass is 9.82. The van der Waals surface area contributed by atoms with Crippen molar-refractivity contribution in [3.8, 4) is 0 Å². The van der Waals surface area contributed by atoms with Crippen LogP contribution in [0.3, 0.4) is 0 Å². The Balaban J connectivity index is 2.24. The van der Waals surface area contributed by atoms with Crippen molar-refractivity contribution in [2.75, 3.05) is 37.1 Å². The fraction of sp³-hybridized carbons (Fsp3) is 0.769. The number of anilines is 1. The fourth-order valence-corrected chi connectivity index (χ4v) is 4.57. The molecule has 2 heterocycles. The van der Waals surface area contributed by atoms with Gasteiger partial charge in [0.1, 0.15) is 15.5 Å². The Morgan fingerprint density at radius 1 is 1.43 bits per heavy atom. The van der Waals surface area contributed by atoms with Crippen molar-refractivity contribution in [1.29, 1.82) is 0 Å². The third-order valence-electron chi connectivity index (χ3n) is 4.13. The summed E-state index contributed by atoms with van der Waals surface area (Å²) in [6, 6.07) is 0. The van der Waals surface area contributed by atoms with Crippen molar-refractivity contribution in [2.24, 2.45) is 12.5 Å². The molecule has 0 spiro atoms. The minimum Gasteiger partial charge on any atom is -0.381 e. The zero-order valence-corrected chi connectivity index (χ0v) is 14.4. The summed E-state index contributed by atoms with van der Waals surface area (Å²) in [4.78, 5) is 10.7. The lowest BCUT2D eigenvalue weighted by Crippen LogP contribution is -2.41. The third-order valence-corrected chi connectivity index (χ3v) is 5.26. The van der Waals surface area contributed by atoms with E-state index in [4.69, 9.17) is 4.74 Å². The van der Waals surface area contributed by atoms with Crippen LogP contribution in [0.2, 0.25) is 0 Å². The molecule has 0 saturated carbocycles. The number of rotatable bonds is 6. The average Bonchev–Trinajstić information content (AvgIpc) is 2.70. The van der Waals surface area contributed by atoms with Crippen LogP contribution in [0.15, 0.2) is 0 Å². The van der Waals surface area contributed by atoms with E-state index in [1.54, 1.807) is 14.0 Å². The van der Waals surface area contributed by atoms with Gasteiger partial charge in [0.25, 0.3) is 0 Å². The first-order chi connectivity index (χ1) is 10.6. The molecule has 0 unspecified atom stereocenters. The molecular weight excluding hydrogens is 324 g/mol. The summed E-state index contributed by atoms with van der Waals surface area (Å²) in [7, 11) is -1.55. The Morgan fingerprint density at radius 2 is 2.04 bits per heavy atom. The molecule has 0 aliphatic carbocycles. The lowest BCUT2D eigenvalue weighted by molar-refractivity contribution is -0.384. The maximum atomic E-state index is 11.8. The predicted molar refractivity (Wildman–Crippen MR) is 85.3 cm³/mol. The van der Waals surface area contributed by atoms with Gasteiger partial charge in [-0.15, -0.1) is 0 Å². The van der Waals surface area contributed by atoms with Crippen LogP contribution in [-0.2, 0) is 21.6 Å². The van der Waals surface area contributed by atoms with Crippen molar-refractivity contribution in [2.45, 2.75) is 19.8 Å². The summed E-state index contributed by atoms with van der Waals surface area (Å²) in [5, 5.41) is 18.3. The van der Waals surface area contributed by atoms with E-state index in [-0.39, 0.29) is 11.4 Å². The van der Waals surface area contributed by atoms with E-state index >= 15 is 0 Å². The maximum Gasteiger partial charge on any atom is 0.333 e. The van der Waals surface area contributed by atoms with Gasteiger partial charge in [0.05, 0.1) is 10.7 Å². The number of sulfone groups is 1. The summed E-state index contributed by atoms with van der Waals surface area (Å²) in [5.41, 5.74) is -0.240. The molecule has 1 aromatic heterocycles. The molecule has 1 fully saturated rings. The molecule has 1 aromatic rings. The average molecular weight is 346 g/mol. The van der Waals surface area contributed by atoms with Gasteiger partial charge in [-0.3, -0.25) is 10.1 Å². The predicted octanol–water partition coefficient (Wildman–Crippen LogP) is 0.890. The SMILES string of the molecule is Cc1nn(C)c(NCC2(CS(C)(=O)=O)CCOCC2)c1[N+](=O)[O-]. The largest absolute Gasteiger partial charge is 0.381 e. The summed E-state index contributed by atoms with van der Waals surface area (Å²) in [6.45, 7) is 2.88. The monoisotopic (exact) mass is 346 g/mol. The standard InChI is InChI=1S/C13H22N4O5S/c1-10-11(17(18)19)12(16(2)15-10)14-8-13(9-23(3,20)21)4-6-22-7-5-13/h14H,4-9H2,1-3H3. The number of nitrogens with zero attached hydrogens (tertiary/aromatic N) is 3. The molecule has 0 bridgehead atoms. The van der Waals surface area contributed by atoms with Crippen LogP contribution in [0, 0.1) is 22.5 Å². The molecular formula is C13H22N4O5S. The molecule has 0 radical (unpaired) electrons. The molecule has 0 amide bonds. The Kier molecular flexibility index (Phi) is 4.95. The van der Waals surface area contributed by atoms with Gasteiger partial charge >= 0.3 is 5.69 Å². The quantitative estimate of drug-likeness (QED) is 0.600. The molecule has 1 aliphatic rings. The molecule has 130 valence electrons. The highest BCUT2D eigenvalue weighted by Crippen LogP contribution is 2.34. The highest BCUT2D eigenvalue weighted by molar-refractivity contribution is 7.90. The van der Waals surface area contributed by atoms with Crippen LogP contribution in [0.4, 0.5) is 11.5 Å². The van der Waals surface area contributed by atoms with Crippen LogP contribution in [0.5, 0.6) is 0 Å². The Bertz CT molecular complexity index is 691. The Labute approximate surface area is 135 Å². The number of aryl methyl sites for hydroxylation is 2. The second-order valence-corrected chi connectivity index (χ2v) is 8.34. The molecule has 0 aromatic carbocycles. The van der Waals surface area contributed by atoms with E-state index in [0.29, 0.717) is 44.1 Å². The van der Waals surface area contributed by atoms with Crippen LogP contribution < -0.4 is 5.32 Å². The normalized spacial score (nSPS) is 17.9. The molecule has 9 nitrogen and oxygen atoms in total. The molecule has 10 heteroatoms. The third kappa shape index (κ3) is 4.20.